The molecule has 0 heterocycles. The van der Waals surface area contributed by atoms with Gasteiger partial charge in [0.1, 0.15) is 0 Å². The van der Waals surface area contributed by atoms with Gasteiger partial charge in [0, 0.05) is 31.7 Å². The maximum Gasteiger partial charge on any atom is 0.0605 e. The summed E-state index contributed by atoms with van der Waals surface area (Å²) in [4.78, 5) is 1.79. The number of nitrogens with two attached hydrogens (primary N) is 2. The minimum Gasteiger partial charge on any atom is -0.395 e. The zero-order chi connectivity index (χ0) is 16.4. The van der Waals surface area contributed by atoms with Crippen molar-refractivity contribution in [3.8, 4) is 0 Å². The largest absolute Gasteiger partial charge is 0.395 e. The Morgan fingerprint density at radius 3 is 1.15 bits per heavy atom. The molecule has 0 saturated heterocycles. The molecule has 0 fully saturated rings. The van der Waals surface area contributed by atoms with E-state index >= 15 is 0 Å². The maximum atomic E-state index is 8.48. The molecule has 8 nitrogen and oxygen atoms in total. The fourth-order valence-electron chi connectivity index (χ4n) is 0.760. The third-order valence-corrected chi connectivity index (χ3v) is 1.79. The molecule has 0 aromatic rings. The van der Waals surface area contributed by atoms with Crippen LogP contribution in [0.15, 0.2) is 0 Å². The van der Waals surface area contributed by atoms with Crippen LogP contribution in [0.4, 0.5) is 0 Å². The van der Waals surface area contributed by atoms with E-state index in [2.05, 4.69) is 0 Å². The molecule has 0 bridgehead atoms. The van der Waals surface area contributed by atoms with Gasteiger partial charge in [-0.25, -0.2) is 0 Å². The van der Waals surface area contributed by atoms with Gasteiger partial charge in [-0.3, -0.25) is 4.90 Å². The first kappa shape index (κ1) is 24.7. The van der Waals surface area contributed by atoms with E-state index in [-0.39, 0.29) is 33.0 Å². The number of nitrogens with zero attached hydrogens (tertiary/aromatic N) is 1. The predicted octanol–water partition coefficient (Wildman–Crippen LogP) is -3.08. The average molecular weight is 299 g/mol. The van der Waals surface area contributed by atoms with Crippen molar-refractivity contribution in [2.45, 2.75) is 19.4 Å². The van der Waals surface area contributed by atoms with Crippen molar-refractivity contribution in [2.75, 3.05) is 59.2 Å². The number of rotatable bonds is 8. The Balaban J connectivity index is -0.000000246. The fourth-order valence-corrected chi connectivity index (χ4v) is 0.760. The topological polar surface area (TPSA) is 156 Å². The van der Waals surface area contributed by atoms with Gasteiger partial charge in [-0.15, -0.1) is 0 Å². The fraction of sp³-hybridized carbons (Fsp3) is 1.00. The highest BCUT2D eigenvalue weighted by Gasteiger charge is 2.05. The normalized spacial score (nSPS) is 10.5. The minimum atomic E-state index is -0.403. The van der Waals surface area contributed by atoms with Crippen molar-refractivity contribution in [2.24, 2.45) is 11.5 Å². The molecule has 0 aliphatic heterocycles. The minimum absolute atomic E-state index is 0.0486. The lowest BCUT2D eigenvalue weighted by Crippen LogP contribution is -2.35. The quantitative estimate of drug-likeness (QED) is 0.249. The molecule has 126 valence electrons. The molecule has 8 heteroatoms. The molecule has 0 radical (unpaired) electrons. The average Bonchev–Trinajstić information content (AvgIpc) is 2.40. The third kappa shape index (κ3) is 30.6. The van der Waals surface area contributed by atoms with E-state index in [1.165, 1.54) is 0 Å². The summed E-state index contributed by atoms with van der Waals surface area (Å²) >= 11 is 0. The third-order valence-electron chi connectivity index (χ3n) is 1.79. The Hall–Kier alpha value is -0.320. The summed E-state index contributed by atoms with van der Waals surface area (Å²) < 4.78 is 0. The summed E-state index contributed by atoms with van der Waals surface area (Å²) in [5, 5.41) is 41.5. The molecule has 0 unspecified atom stereocenters. The maximum absolute atomic E-state index is 8.48. The first-order valence-electron chi connectivity index (χ1n) is 6.58. The van der Waals surface area contributed by atoms with Crippen LogP contribution in [0.5, 0.6) is 0 Å². The molecule has 0 spiro atoms. The van der Waals surface area contributed by atoms with Gasteiger partial charge < -0.3 is 37.0 Å². The van der Waals surface area contributed by atoms with Crippen LogP contribution in [0.25, 0.3) is 0 Å². The molecule has 0 amide bonds. The summed E-state index contributed by atoms with van der Waals surface area (Å²) in [5.74, 6) is 0. The zero-order valence-corrected chi connectivity index (χ0v) is 12.7. The van der Waals surface area contributed by atoms with E-state index in [0.717, 1.165) is 0 Å². The Morgan fingerprint density at radius 1 is 0.800 bits per heavy atom. The van der Waals surface area contributed by atoms with Crippen molar-refractivity contribution in [1.29, 1.82) is 0 Å². The predicted molar refractivity (Wildman–Crippen MR) is 79.2 cm³/mol. The molecule has 20 heavy (non-hydrogen) atoms. The van der Waals surface area contributed by atoms with Gasteiger partial charge in [-0.05, 0) is 13.8 Å². The van der Waals surface area contributed by atoms with Crippen LogP contribution >= 0.6 is 0 Å². The molecule has 0 aromatic carbocycles. The van der Waals surface area contributed by atoms with Gasteiger partial charge in [0.15, 0.2) is 0 Å². The summed E-state index contributed by atoms with van der Waals surface area (Å²) in [6.07, 6.45) is 0. The highest BCUT2D eigenvalue weighted by atomic mass is 16.3. The Labute approximate surface area is 121 Å². The highest BCUT2D eigenvalue weighted by molar-refractivity contribution is 4.67. The van der Waals surface area contributed by atoms with Crippen LogP contribution in [0.3, 0.4) is 0 Å². The molecule has 0 saturated carbocycles. The van der Waals surface area contributed by atoms with Crippen molar-refractivity contribution in [1.82, 2.24) is 4.90 Å². The van der Waals surface area contributed by atoms with Gasteiger partial charge in [0.2, 0.25) is 0 Å². The van der Waals surface area contributed by atoms with Crippen LogP contribution in [0.1, 0.15) is 13.8 Å². The number of hydrogen-bond donors (Lipinski definition) is 7. The second-order valence-corrected chi connectivity index (χ2v) is 4.67. The first-order chi connectivity index (χ1) is 9.32. The zero-order valence-electron chi connectivity index (χ0n) is 12.7. The van der Waals surface area contributed by atoms with Gasteiger partial charge in [-0.2, -0.15) is 0 Å². The lowest BCUT2D eigenvalue weighted by molar-refractivity contribution is 0.136. The van der Waals surface area contributed by atoms with Crippen molar-refractivity contribution < 1.29 is 25.5 Å². The summed E-state index contributed by atoms with van der Waals surface area (Å²) in [5.41, 5.74) is 9.66. The smallest absolute Gasteiger partial charge is 0.0605 e. The van der Waals surface area contributed by atoms with Crippen LogP contribution < -0.4 is 11.5 Å². The Bertz CT molecular complexity index is 151. The lowest BCUT2D eigenvalue weighted by atomic mass is 10.1. The van der Waals surface area contributed by atoms with Crippen molar-refractivity contribution in [3.63, 3.8) is 0 Å². The summed E-state index contributed by atoms with van der Waals surface area (Å²) in [6.45, 7) is 5.82. The molecule has 9 N–H and O–H groups in total. The molecule has 0 aromatic heterocycles. The van der Waals surface area contributed by atoms with E-state index in [4.69, 9.17) is 37.0 Å². The second-order valence-electron chi connectivity index (χ2n) is 4.67. The summed E-state index contributed by atoms with van der Waals surface area (Å²) in [7, 11) is 0. The van der Waals surface area contributed by atoms with E-state index in [9.17, 15) is 0 Å². The van der Waals surface area contributed by atoms with E-state index < -0.39 is 5.54 Å². The van der Waals surface area contributed by atoms with Gasteiger partial charge in [-0.1, -0.05) is 0 Å². The van der Waals surface area contributed by atoms with Crippen molar-refractivity contribution in [3.05, 3.63) is 0 Å². The molecule has 0 aliphatic rings. The number of hydrogen-bond acceptors (Lipinski definition) is 8. The van der Waals surface area contributed by atoms with Gasteiger partial charge in [0.05, 0.1) is 33.0 Å². The first-order valence-corrected chi connectivity index (χ1v) is 6.58. The van der Waals surface area contributed by atoms with E-state index in [1.807, 2.05) is 0 Å². The standard InChI is InChI=1S/C6H15NO3.C4H11NO.C2H7NO/c8-4-1-7(2-5-9)3-6-10;1-4(2,5)3-6;3-1-2-4/h8-10H,1-6H2;6H,3,5H2,1-2H3;4H,1-3H2. The highest BCUT2D eigenvalue weighted by Crippen LogP contribution is 1.90. The second kappa shape index (κ2) is 18.7. The Kier molecular flexibility index (Phi) is 23.1. The van der Waals surface area contributed by atoms with E-state index in [1.54, 1.807) is 18.7 Å². The van der Waals surface area contributed by atoms with Crippen molar-refractivity contribution >= 4 is 0 Å². The van der Waals surface area contributed by atoms with Crippen LogP contribution in [-0.2, 0) is 0 Å². The van der Waals surface area contributed by atoms with E-state index in [0.29, 0.717) is 26.2 Å². The number of aliphatic hydroxyl groups excluding tert-OH is 5. The SMILES string of the molecule is CC(C)(N)CO.NCCO.OCCN(CCO)CCO. The van der Waals surface area contributed by atoms with Crippen LogP contribution in [-0.4, -0.2) is 95.2 Å². The number of aliphatic hydroxyl groups is 5. The Morgan fingerprint density at radius 2 is 1.05 bits per heavy atom. The molecule has 0 rings (SSSR count). The molecule has 0 atom stereocenters. The van der Waals surface area contributed by atoms with Gasteiger partial charge in [0.25, 0.3) is 0 Å². The van der Waals surface area contributed by atoms with Crippen LogP contribution in [0, 0.1) is 0 Å². The monoisotopic (exact) mass is 299 g/mol. The molecular formula is C12H33N3O5. The van der Waals surface area contributed by atoms with Crippen LogP contribution in [0.2, 0.25) is 0 Å². The molecular weight excluding hydrogens is 266 g/mol. The summed E-state index contributed by atoms with van der Waals surface area (Å²) in [6, 6.07) is 0. The molecule has 0 aliphatic carbocycles. The van der Waals surface area contributed by atoms with Gasteiger partial charge >= 0.3 is 0 Å². The lowest BCUT2D eigenvalue weighted by Gasteiger charge is -2.17.